The summed E-state index contributed by atoms with van der Waals surface area (Å²) in [6, 6.07) is 6.30. The lowest BCUT2D eigenvalue weighted by Crippen LogP contribution is -2.44. The number of fused-ring (bicyclic) bond motifs is 3. The second-order valence-corrected chi connectivity index (χ2v) is 6.03. The zero-order valence-electron chi connectivity index (χ0n) is 10.8. The molecule has 20 heavy (non-hydrogen) atoms. The first kappa shape index (κ1) is 12.2. The van der Waals surface area contributed by atoms with Crippen LogP contribution < -0.4 is 10.6 Å². The number of hydrogen-bond donors (Lipinski definition) is 2. The first-order chi connectivity index (χ1) is 9.70. The lowest BCUT2D eigenvalue weighted by molar-refractivity contribution is 0.0920. The fourth-order valence-corrected chi connectivity index (χ4v) is 3.56. The summed E-state index contributed by atoms with van der Waals surface area (Å²) in [6.45, 7) is 1.01. The van der Waals surface area contributed by atoms with Gasteiger partial charge in [0.2, 0.25) is 0 Å². The molecule has 0 aromatic carbocycles. The van der Waals surface area contributed by atoms with E-state index in [1.807, 2.05) is 6.07 Å². The number of amides is 1. The minimum Gasteiger partial charge on any atom is -0.348 e. The Morgan fingerprint density at radius 1 is 1.45 bits per heavy atom. The molecule has 2 aromatic heterocycles. The first-order valence-electron chi connectivity index (χ1n) is 6.87. The summed E-state index contributed by atoms with van der Waals surface area (Å²) in [4.78, 5) is 16.5. The van der Waals surface area contributed by atoms with Crippen molar-refractivity contribution < 1.29 is 4.79 Å². The molecule has 1 amide bonds. The van der Waals surface area contributed by atoms with E-state index in [4.69, 9.17) is 11.6 Å². The minimum absolute atomic E-state index is 0.0950. The molecule has 2 bridgehead atoms. The summed E-state index contributed by atoms with van der Waals surface area (Å²) in [5.41, 5.74) is 1.33. The first-order valence-corrected chi connectivity index (χ1v) is 7.25. The Labute approximate surface area is 121 Å². The minimum atomic E-state index is -0.0950. The highest BCUT2D eigenvalue weighted by atomic mass is 35.5. The zero-order valence-corrected chi connectivity index (χ0v) is 11.6. The Kier molecular flexibility index (Phi) is 2.72. The van der Waals surface area contributed by atoms with Crippen molar-refractivity contribution in [2.75, 3.05) is 6.54 Å². The number of piperidine rings is 1. The van der Waals surface area contributed by atoms with Gasteiger partial charge < -0.3 is 10.6 Å². The normalized spacial score (nSPS) is 28.1. The number of hydrogen-bond acceptors (Lipinski definition) is 3. The molecule has 3 unspecified atom stereocenters. The molecular formula is C14H15ClN4O. The van der Waals surface area contributed by atoms with E-state index in [2.05, 4.69) is 15.6 Å². The van der Waals surface area contributed by atoms with Crippen LogP contribution in [0.25, 0.3) is 5.52 Å². The molecule has 0 radical (unpaired) electrons. The maximum absolute atomic E-state index is 12.3. The van der Waals surface area contributed by atoms with Crippen molar-refractivity contribution in [3.63, 3.8) is 0 Å². The van der Waals surface area contributed by atoms with Gasteiger partial charge in [0.25, 0.3) is 5.91 Å². The summed E-state index contributed by atoms with van der Waals surface area (Å²) in [6.07, 6.45) is 3.79. The third-order valence-corrected chi connectivity index (χ3v) is 4.72. The van der Waals surface area contributed by atoms with E-state index in [1.54, 1.807) is 22.9 Å². The quantitative estimate of drug-likeness (QED) is 0.880. The Hall–Kier alpha value is -1.59. The summed E-state index contributed by atoms with van der Waals surface area (Å²) in [7, 11) is 0. The van der Waals surface area contributed by atoms with Crippen LogP contribution >= 0.6 is 11.6 Å². The maximum Gasteiger partial charge on any atom is 0.270 e. The lowest BCUT2D eigenvalue weighted by Gasteiger charge is -2.23. The molecule has 1 saturated carbocycles. The van der Waals surface area contributed by atoms with Crippen LogP contribution in [0, 0.1) is 5.92 Å². The Bertz CT molecular complexity index is 683. The number of halogens is 1. The number of nitrogens with one attached hydrogen (secondary N) is 2. The van der Waals surface area contributed by atoms with Gasteiger partial charge in [-0.15, -0.1) is 0 Å². The third kappa shape index (κ3) is 1.89. The Morgan fingerprint density at radius 3 is 3.10 bits per heavy atom. The van der Waals surface area contributed by atoms with Gasteiger partial charge in [-0.05, 0) is 37.0 Å². The summed E-state index contributed by atoms with van der Waals surface area (Å²) >= 11 is 6.00. The number of aromatic nitrogens is 2. The van der Waals surface area contributed by atoms with E-state index < -0.39 is 0 Å². The average Bonchev–Trinajstić information content (AvgIpc) is 3.14. The molecule has 2 aliphatic rings. The lowest BCUT2D eigenvalue weighted by atomic mass is 10.0. The molecule has 5 nitrogen and oxygen atoms in total. The zero-order chi connectivity index (χ0) is 13.7. The van der Waals surface area contributed by atoms with Gasteiger partial charge in [0, 0.05) is 18.6 Å². The highest BCUT2D eigenvalue weighted by molar-refractivity contribution is 6.30. The number of carbonyl (C=O) groups is 1. The van der Waals surface area contributed by atoms with Crippen molar-refractivity contribution in [1.82, 2.24) is 20.0 Å². The molecule has 0 spiro atoms. The topological polar surface area (TPSA) is 58.4 Å². The largest absolute Gasteiger partial charge is 0.348 e. The van der Waals surface area contributed by atoms with Gasteiger partial charge in [0.15, 0.2) is 0 Å². The number of rotatable bonds is 2. The summed E-state index contributed by atoms with van der Waals surface area (Å²) in [5, 5.41) is 7.15. The molecule has 1 saturated heterocycles. The fourth-order valence-electron chi connectivity index (χ4n) is 3.35. The van der Waals surface area contributed by atoms with Crippen molar-refractivity contribution >= 4 is 23.0 Å². The molecule has 2 N–H and O–H groups in total. The van der Waals surface area contributed by atoms with E-state index in [0.29, 0.717) is 22.8 Å². The van der Waals surface area contributed by atoms with Gasteiger partial charge in [0.1, 0.15) is 17.2 Å². The SMILES string of the molecule is O=C(NC1CC2CC1CN2)c1cc2ccc(Cl)n2cn1. The molecule has 104 valence electrons. The number of nitrogens with zero attached hydrogens (tertiary/aromatic N) is 2. The van der Waals surface area contributed by atoms with Gasteiger partial charge in [0.05, 0.1) is 5.52 Å². The highest BCUT2D eigenvalue weighted by Crippen LogP contribution is 2.31. The van der Waals surface area contributed by atoms with E-state index in [9.17, 15) is 4.79 Å². The van der Waals surface area contributed by atoms with Crippen LogP contribution in [0.2, 0.25) is 5.15 Å². The second kappa shape index (κ2) is 4.46. The predicted molar refractivity (Wildman–Crippen MR) is 76.0 cm³/mol. The molecule has 3 heterocycles. The standard InChI is InChI=1S/C14H15ClN4O/c15-13-2-1-10-5-12(17-7-19(10)13)14(20)18-11-4-9-3-8(11)6-16-9/h1-2,5,7-9,11,16H,3-4,6H2,(H,18,20). The fraction of sp³-hybridized carbons (Fsp3) is 0.429. The molecule has 3 atom stereocenters. The van der Waals surface area contributed by atoms with Crippen molar-refractivity contribution in [1.29, 1.82) is 0 Å². The molecule has 1 aliphatic carbocycles. The van der Waals surface area contributed by atoms with Gasteiger partial charge >= 0.3 is 0 Å². The molecule has 4 rings (SSSR count). The van der Waals surface area contributed by atoms with Crippen molar-refractivity contribution in [3.05, 3.63) is 35.4 Å². The van der Waals surface area contributed by atoms with Gasteiger partial charge in [-0.25, -0.2) is 4.98 Å². The van der Waals surface area contributed by atoms with E-state index in [-0.39, 0.29) is 11.9 Å². The monoisotopic (exact) mass is 290 g/mol. The molecule has 2 aromatic rings. The average molecular weight is 291 g/mol. The molecule has 1 aliphatic heterocycles. The predicted octanol–water partition coefficient (Wildman–Crippen LogP) is 1.47. The Morgan fingerprint density at radius 2 is 2.35 bits per heavy atom. The van der Waals surface area contributed by atoms with Crippen LogP contribution in [0.4, 0.5) is 0 Å². The third-order valence-electron chi connectivity index (χ3n) is 4.41. The van der Waals surface area contributed by atoms with E-state index >= 15 is 0 Å². The van der Waals surface area contributed by atoms with Crippen LogP contribution in [0.1, 0.15) is 23.3 Å². The smallest absolute Gasteiger partial charge is 0.270 e. The van der Waals surface area contributed by atoms with E-state index in [0.717, 1.165) is 18.5 Å². The van der Waals surface area contributed by atoms with Crippen LogP contribution in [-0.2, 0) is 0 Å². The Balaban J connectivity index is 1.54. The second-order valence-electron chi connectivity index (χ2n) is 5.64. The molecular weight excluding hydrogens is 276 g/mol. The van der Waals surface area contributed by atoms with Gasteiger partial charge in [-0.2, -0.15) is 0 Å². The summed E-state index contributed by atoms with van der Waals surface area (Å²) in [5.74, 6) is 0.470. The maximum atomic E-state index is 12.3. The number of carbonyl (C=O) groups excluding carboxylic acids is 1. The summed E-state index contributed by atoms with van der Waals surface area (Å²) < 4.78 is 1.75. The molecule has 6 heteroatoms. The van der Waals surface area contributed by atoms with Gasteiger partial charge in [-0.3, -0.25) is 9.20 Å². The molecule has 2 fully saturated rings. The highest BCUT2D eigenvalue weighted by Gasteiger charge is 2.40. The van der Waals surface area contributed by atoms with E-state index in [1.165, 1.54) is 6.42 Å². The van der Waals surface area contributed by atoms with Crippen molar-refractivity contribution in [2.45, 2.75) is 24.9 Å². The van der Waals surface area contributed by atoms with Crippen LogP contribution in [0.5, 0.6) is 0 Å². The van der Waals surface area contributed by atoms with Crippen LogP contribution in [0.15, 0.2) is 24.5 Å². The van der Waals surface area contributed by atoms with Crippen molar-refractivity contribution in [3.8, 4) is 0 Å². The van der Waals surface area contributed by atoms with Gasteiger partial charge in [-0.1, -0.05) is 11.6 Å². The van der Waals surface area contributed by atoms with Crippen molar-refractivity contribution in [2.24, 2.45) is 5.92 Å². The van der Waals surface area contributed by atoms with Crippen LogP contribution in [0.3, 0.4) is 0 Å². The van der Waals surface area contributed by atoms with Crippen LogP contribution in [-0.4, -0.2) is 33.9 Å².